The summed E-state index contributed by atoms with van der Waals surface area (Å²) in [6, 6.07) is 10.4. The summed E-state index contributed by atoms with van der Waals surface area (Å²) in [5.74, 6) is 0.359. The fourth-order valence-electron chi connectivity index (χ4n) is 3.22. The number of carbonyl (C=O) groups is 2. The molecule has 4 rings (SSSR count). The number of ether oxygens (including phenoxy) is 1. The molecule has 3 aromatic rings. The van der Waals surface area contributed by atoms with Crippen molar-refractivity contribution in [2.75, 3.05) is 23.4 Å². The highest BCUT2D eigenvalue weighted by molar-refractivity contribution is 6.31. The summed E-state index contributed by atoms with van der Waals surface area (Å²) in [6.45, 7) is 4.25. The molecule has 0 unspecified atom stereocenters. The molecule has 0 fully saturated rings. The molecule has 0 atom stereocenters. The highest BCUT2D eigenvalue weighted by Gasteiger charge is 2.25. The number of anilines is 2. The summed E-state index contributed by atoms with van der Waals surface area (Å²) >= 11 is 6.03. The molecule has 27 heavy (non-hydrogen) atoms. The standard InChI is InChI=1S/C20H17ClN2O4/c1-3-23-15-9-13(5-7-17(15)26-10-18(23)24)22-20(25)19-11(2)14-8-12(21)4-6-16(14)27-19/h4-9H,3,10H2,1-2H3,(H,22,25). The minimum absolute atomic E-state index is 0.0211. The first kappa shape index (κ1) is 17.4. The minimum Gasteiger partial charge on any atom is -0.482 e. The number of hydrogen-bond donors (Lipinski definition) is 1. The summed E-state index contributed by atoms with van der Waals surface area (Å²) in [4.78, 5) is 26.4. The molecule has 1 aromatic heterocycles. The van der Waals surface area contributed by atoms with Crippen molar-refractivity contribution in [1.29, 1.82) is 0 Å². The fraction of sp³-hybridized carbons (Fsp3) is 0.200. The van der Waals surface area contributed by atoms with Crippen LogP contribution in [0.4, 0.5) is 11.4 Å². The molecule has 6 nitrogen and oxygen atoms in total. The molecule has 7 heteroatoms. The zero-order valence-corrected chi connectivity index (χ0v) is 15.6. The SMILES string of the molecule is CCN1C(=O)COc2ccc(NC(=O)c3oc4ccc(Cl)cc4c3C)cc21. The number of nitrogens with one attached hydrogen (secondary N) is 1. The van der Waals surface area contributed by atoms with Gasteiger partial charge in [-0.3, -0.25) is 9.59 Å². The predicted octanol–water partition coefficient (Wildman–Crippen LogP) is 4.39. The third kappa shape index (κ3) is 3.02. The number of rotatable bonds is 3. The van der Waals surface area contributed by atoms with Crippen LogP contribution in [0.25, 0.3) is 11.0 Å². The number of halogens is 1. The van der Waals surface area contributed by atoms with Crippen molar-refractivity contribution in [3.8, 4) is 5.75 Å². The minimum atomic E-state index is -0.370. The van der Waals surface area contributed by atoms with E-state index >= 15 is 0 Å². The molecule has 1 aliphatic rings. The van der Waals surface area contributed by atoms with Gasteiger partial charge in [-0.2, -0.15) is 0 Å². The van der Waals surface area contributed by atoms with Gasteiger partial charge in [-0.1, -0.05) is 11.6 Å². The van der Waals surface area contributed by atoms with E-state index < -0.39 is 0 Å². The van der Waals surface area contributed by atoms with E-state index in [4.69, 9.17) is 20.8 Å². The van der Waals surface area contributed by atoms with Gasteiger partial charge in [-0.15, -0.1) is 0 Å². The molecule has 0 saturated carbocycles. The molecular weight excluding hydrogens is 368 g/mol. The summed E-state index contributed by atoms with van der Waals surface area (Å²) in [6.07, 6.45) is 0. The second-order valence-corrected chi connectivity index (χ2v) is 6.70. The van der Waals surface area contributed by atoms with E-state index in [2.05, 4.69) is 5.32 Å². The molecular formula is C20H17ClN2O4. The molecule has 0 spiro atoms. The van der Waals surface area contributed by atoms with Gasteiger partial charge < -0.3 is 19.4 Å². The van der Waals surface area contributed by atoms with Crippen LogP contribution in [0.2, 0.25) is 5.02 Å². The van der Waals surface area contributed by atoms with Crippen LogP contribution in [0.1, 0.15) is 23.0 Å². The molecule has 1 N–H and O–H groups in total. The van der Waals surface area contributed by atoms with Crippen LogP contribution in [0.15, 0.2) is 40.8 Å². The van der Waals surface area contributed by atoms with E-state index in [0.29, 0.717) is 34.3 Å². The normalized spacial score (nSPS) is 13.4. The van der Waals surface area contributed by atoms with E-state index in [9.17, 15) is 9.59 Å². The molecule has 0 radical (unpaired) electrons. The Balaban J connectivity index is 1.65. The first-order chi connectivity index (χ1) is 13.0. The van der Waals surface area contributed by atoms with Crippen molar-refractivity contribution in [3.05, 3.63) is 52.7 Å². The van der Waals surface area contributed by atoms with E-state index in [-0.39, 0.29) is 24.2 Å². The third-order valence-corrected chi connectivity index (χ3v) is 4.82. The lowest BCUT2D eigenvalue weighted by Crippen LogP contribution is -2.38. The quantitative estimate of drug-likeness (QED) is 0.726. The summed E-state index contributed by atoms with van der Waals surface area (Å²) < 4.78 is 11.1. The largest absolute Gasteiger partial charge is 0.482 e. The molecule has 2 heterocycles. The Labute approximate surface area is 160 Å². The van der Waals surface area contributed by atoms with Gasteiger partial charge in [-0.05, 0) is 50.2 Å². The number of fused-ring (bicyclic) bond motifs is 2. The Kier molecular flexibility index (Phi) is 4.28. The van der Waals surface area contributed by atoms with Gasteiger partial charge in [0.1, 0.15) is 11.3 Å². The first-order valence-electron chi connectivity index (χ1n) is 8.55. The van der Waals surface area contributed by atoms with Gasteiger partial charge in [-0.25, -0.2) is 0 Å². The Morgan fingerprint density at radius 3 is 2.85 bits per heavy atom. The lowest BCUT2D eigenvalue weighted by atomic mass is 10.1. The van der Waals surface area contributed by atoms with Crippen molar-refractivity contribution < 1.29 is 18.7 Å². The van der Waals surface area contributed by atoms with Crippen LogP contribution >= 0.6 is 11.6 Å². The molecule has 0 saturated heterocycles. The maximum absolute atomic E-state index is 12.7. The van der Waals surface area contributed by atoms with Crippen molar-refractivity contribution in [2.45, 2.75) is 13.8 Å². The van der Waals surface area contributed by atoms with Crippen LogP contribution < -0.4 is 15.0 Å². The molecule has 0 bridgehead atoms. The van der Waals surface area contributed by atoms with Crippen molar-refractivity contribution in [1.82, 2.24) is 0 Å². The van der Waals surface area contributed by atoms with E-state index in [1.54, 1.807) is 41.3 Å². The average molecular weight is 385 g/mol. The van der Waals surface area contributed by atoms with Crippen LogP contribution in [0.3, 0.4) is 0 Å². The zero-order chi connectivity index (χ0) is 19.1. The summed E-state index contributed by atoms with van der Waals surface area (Å²) in [5.41, 5.74) is 2.51. The molecule has 0 aliphatic carbocycles. The number of hydrogen-bond acceptors (Lipinski definition) is 4. The second-order valence-electron chi connectivity index (χ2n) is 6.26. The Bertz CT molecular complexity index is 1070. The van der Waals surface area contributed by atoms with Crippen molar-refractivity contribution in [3.63, 3.8) is 0 Å². The van der Waals surface area contributed by atoms with Crippen LogP contribution in [0.5, 0.6) is 5.75 Å². The van der Waals surface area contributed by atoms with Gasteiger partial charge in [0.2, 0.25) is 0 Å². The van der Waals surface area contributed by atoms with E-state index in [1.807, 2.05) is 13.8 Å². The van der Waals surface area contributed by atoms with Crippen LogP contribution in [-0.4, -0.2) is 25.0 Å². The number of furan rings is 1. The number of nitrogens with zero attached hydrogens (tertiary/aromatic N) is 1. The molecule has 2 aromatic carbocycles. The van der Waals surface area contributed by atoms with Crippen molar-refractivity contribution in [2.24, 2.45) is 0 Å². The number of aryl methyl sites for hydroxylation is 1. The predicted molar refractivity (Wildman–Crippen MR) is 104 cm³/mol. The lowest BCUT2D eigenvalue weighted by molar-refractivity contribution is -0.121. The molecule has 138 valence electrons. The number of carbonyl (C=O) groups excluding carboxylic acids is 2. The van der Waals surface area contributed by atoms with Gasteiger partial charge in [0.15, 0.2) is 12.4 Å². The molecule has 2 amide bonds. The third-order valence-electron chi connectivity index (χ3n) is 4.58. The highest BCUT2D eigenvalue weighted by atomic mass is 35.5. The Hall–Kier alpha value is -2.99. The smallest absolute Gasteiger partial charge is 0.291 e. The maximum Gasteiger partial charge on any atom is 0.291 e. The van der Waals surface area contributed by atoms with Gasteiger partial charge in [0, 0.05) is 28.2 Å². The Morgan fingerprint density at radius 2 is 2.07 bits per heavy atom. The monoisotopic (exact) mass is 384 g/mol. The van der Waals surface area contributed by atoms with Crippen LogP contribution in [0, 0.1) is 6.92 Å². The number of benzene rings is 2. The van der Waals surface area contributed by atoms with Gasteiger partial charge >= 0.3 is 0 Å². The summed E-state index contributed by atoms with van der Waals surface area (Å²) in [5, 5.41) is 4.21. The number of amides is 2. The Morgan fingerprint density at radius 1 is 1.26 bits per heavy atom. The maximum atomic E-state index is 12.7. The lowest BCUT2D eigenvalue weighted by Gasteiger charge is -2.28. The fourth-order valence-corrected chi connectivity index (χ4v) is 3.40. The number of likely N-dealkylation sites (N-methyl/N-ethyl adjacent to an activating group) is 1. The highest BCUT2D eigenvalue weighted by Crippen LogP contribution is 2.35. The van der Waals surface area contributed by atoms with Crippen LogP contribution in [-0.2, 0) is 4.79 Å². The van der Waals surface area contributed by atoms with Crippen molar-refractivity contribution >= 4 is 45.8 Å². The van der Waals surface area contributed by atoms with Gasteiger partial charge in [0.25, 0.3) is 11.8 Å². The molecule has 1 aliphatic heterocycles. The van der Waals surface area contributed by atoms with E-state index in [1.165, 1.54) is 0 Å². The van der Waals surface area contributed by atoms with Gasteiger partial charge in [0.05, 0.1) is 5.69 Å². The summed E-state index contributed by atoms with van der Waals surface area (Å²) in [7, 11) is 0. The topological polar surface area (TPSA) is 71.8 Å². The van der Waals surface area contributed by atoms with E-state index in [0.717, 1.165) is 10.9 Å². The first-order valence-corrected chi connectivity index (χ1v) is 8.93. The average Bonchev–Trinajstić information content (AvgIpc) is 2.98. The zero-order valence-electron chi connectivity index (χ0n) is 14.8. The second kappa shape index (κ2) is 6.63.